The molecule has 0 aromatic heterocycles. The van der Waals surface area contributed by atoms with Crippen molar-refractivity contribution in [3.05, 3.63) is 146 Å². The molecule has 0 spiro atoms. The van der Waals surface area contributed by atoms with Gasteiger partial charge in [0.25, 0.3) is 0 Å². The van der Waals surface area contributed by atoms with E-state index in [2.05, 4.69) is 57.2 Å². The summed E-state index contributed by atoms with van der Waals surface area (Å²) in [5, 5.41) is 0. The fourth-order valence-corrected chi connectivity index (χ4v) is 6.31. The van der Waals surface area contributed by atoms with Gasteiger partial charge >= 0.3 is 17.9 Å². The highest BCUT2D eigenvalue weighted by molar-refractivity contribution is 5.71. The molecule has 0 bridgehead atoms. The van der Waals surface area contributed by atoms with Crippen LogP contribution in [0.5, 0.6) is 0 Å². The van der Waals surface area contributed by atoms with Crippen LogP contribution < -0.4 is 0 Å². The summed E-state index contributed by atoms with van der Waals surface area (Å²) in [6, 6.07) is 0. The molecule has 0 N–H and O–H groups in total. The highest BCUT2D eigenvalue weighted by atomic mass is 16.6. The Morgan fingerprint density at radius 2 is 0.615 bits per heavy atom. The average Bonchev–Trinajstić information content (AvgIpc) is 3.30. The first-order chi connectivity index (χ1) is 32.0. The zero-order valence-corrected chi connectivity index (χ0v) is 41.2. The van der Waals surface area contributed by atoms with Crippen LogP contribution in [-0.4, -0.2) is 37.2 Å². The topological polar surface area (TPSA) is 78.9 Å². The van der Waals surface area contributed by atoms with E-state index in [1.54, 1.807) is 0 Å². The Hall–Kier alpha value is -4.71. The second-order valence-corrected chi connectivity index (χ2v) is 16.2. The third kappa shape index (κ3) is 50.2. The van der Waals surface area contributed by atoms with Crippen LogP contribution in [0.2, 0.25) is 0 Å². The SMILES string of the molecule is CC\C=C/C=C\C=C/C=C\C=C\C=C/C=C\CCCCCC(=O)OCC(COC(=O)CCCCC\C=C/C=C\C=C/C=C\CC)OC(=O)CCCCCCCCC/C=C\CCCCCC. The molecule has 362 valence electrons. The van der Waals surface area contributed by atoms with E-state index in [4.69, 9.17) is 14.2 Å². The number of carbonyl (C=O) groups is 3. The van der Waals surface area contributed by atoms with Crippen molar-refractivity contribution in [1.29, 1.82) is 0 Å². The van der Waals surface area contributed by atoms with Gasteiger partial charge in [-0.3, -0.25) is 14.4 Å². The predicted octanol–water partition coefficient (Wildman–Crippen LogP) is 16.9. The zero-order chi connectivity index (χ0) is 47.2. The summed E-state index contributed by atoms with van der Waals surface area (Å²) in [5.41, 5.74) is 0. The van der Waals surface area contributed by atoms with Gasteiger partial charge in [0.15, 0.2) is 6.10 Å². The fourth-order valence-electron chi connectivity index (χ4n) is 6.31. The molecule has 0 saturated carbocycles. The van der Waals surface area contributed by atoms with Gasteiger partial charge in [0, 0.05) is 19.3 Å². The van der Waals surface area contributed by atoms with Gasteiger partial charge in [-0.05, 0) is 83.5 Å². The highest BCUT2D eigenvalue weighted by Gasteiger charge is 2.19. The Labute approximate surface area is 397 Å². The molecule has 65 heavy (non-hydrogen) atoms. The van der Waals surface area contributed by atoms with E-state index < -0.39 is 6.10 Å². The lowest BCUT2D eigenvalue weighted by Crippen LogP contribution is -2.30. The number of esters is 3. The Bertz CT molecular complexity index is 1490. The summed E-state index contributed by atoms with van der Waals surface area (Å²) in [6.45, 7) is 6.23. The summed E-state index contributed by atoms with van der Waals surface area (Å²) >= 11 is 0. The van der Waals surface area contributed by atoms with Gasteiger partial charge in [0.05, 0.1) is 0 Å². The Morgan fingerprint density at radius 3 is 1.00 bits per heavy atom. The average molecular weight is 895 g/mol. The molecular formula is C59H90O6. The smallest absolute Gasteiger partial charge is 0.306 e. The summed E-state index contributed by atoms with van der Waals surface area (Å²) < 4.78 is 16.7. The lowest BCUT2D eigenvalue weighted by molar-refractivity contribution is -0.167. The van der Waals surface area contributed by atoms with Gasteiger partial charge in [-0.25, -0.2) is 0 Å². The van der Waals surface area contributed by atoms with Gasteiger partial charge in [-0.1, -0.05) is 231 Å². The summed E-state index contributed by atoms with van der Waals surface area (Å²) in [7, 11) is 0. The molecule has 6 heteroatoms. The number of ether oxygens (including phenoxy) is 3. The number of hydrogen-bond donors (Lipinski definition) is 0. The normalized spacial score (nSPS) is 13.3. The maximum absolute atomic E-state index is 12.8. The Morgan fingerprint density at radius 1 is 0.323 bits per heavy atom. The minimum Gasteiger partial charge on any atom is -0.462 e. The maximum atomic E-state index is 12.8. The van der Waals surface area contributed by atoms with E-state index in [1.165, 1.54) is 64.2 Å². The van der Waals surface area contributed by atoms with Crippen molar-refractivity contribution in [3.8, 4) is 0 Å². The Balaban J connectivity index is 4.58. The highest BCUT2D eigenvalue weighted by Crippen LogP contribution is 2.13. The van der Waals surface area contributed by atoms with Crippen LogP contribution in [0.25, 0.3) is 0 Å². The van der Waals surface area contributed by atoms with Gasteiger partial charge in [0.1, 0.15) is 13.2 Å². The molecule has 0 amide bonds. The number of allylic oxidation sites excluding steroid dienone is 24. The molecule has 0 radical (unpaired) electrons. The van der Waals surface area contributed by atoms with Crippen molar-refractivity contribution in [3.63, 3.8) is 0 Å². The fraction of sp³-hybridized carbons (Fsp3) is 0.542. The Kier molecular flexibility index (Phi) is 48.2. The van der Waals surface area contributed by atoms with Crippen LogP contribution in [0.1, 0.15) is 188 Å². The van der Waals surface area contributed by atoms with Crippen molar-refractivity contribution < 1.29 is 28.6 Å². The quantitative estimate of drug-likeness (QED) is 0.0199. The van der Waals surface area contributed by atoms with E-state index in [9.17, 15) is 14.4 Å². The first-order valence-electron chi connectivity index (χ1n) is 25.5. The van der Waals surface area contributed by atoms with Gasteiger partial charge in [-0.15, -0.1) is 0 Å². The molecular weight excluding hydrogens is 805 g/mol. The van der Waals surface area contributed by atoms with E-state index >= 15 is 0 Å². The minimum atomic E-state index is -0.821. The van der Waals surface area contributed by atoms with Crippen LogP contribution in [0.3, 0.4) is 0 Å². The van der Waals surface area contributed by atoms with Crippen molar-refractivity contribution in [2.45, 2.75) is 194 Å². The lowest BCUT2D eigenvalue weighted by Gasteiger charge is -2.18. The first-order valence-corrected chi connectivity index (χ1v) is 25.5. The molecule has 0 fully saturated rings. The largest absolute Gasteiger partial charge is 0.462 e. The van der Waals surface area contributed by atoms with Crippen molar-refractivity contribution in [1.82, 2.24) is 0 Å². The molecule has 0 aliphatic rings. The molecule has 0 saturated heterocycles. The zero-order valence-electron chi connectivity index (χ0n) is 41.2. The molecule has 0 rings (SSSR count). The van der Waals surface area contributed by atoms with E-state index in [1.807, 2.05) is 109 Å². The second kappa shape index (κ2) is 51.9. The summed E-state index contributed by atoms with van der Waals surface area (Å²) in [5.74, 6) is -1.02. The monoisotopic (exact) mass is 895 g/mol. The third-order valence-corrected chi connectivity index (χ3v) is 10.1. The van der Waals surface area contributed by atoms with E-state index in [0.29, 0.717) is 25.7 Å². The summed E-state index contributed by atoms with van der Waals surface area (Å²) in [4.78, 5) is 38.0. The first kappa shape index (κ1) is 60.3. The van der Waals surface area contributed by atoms with Gasteiger partial charge in [-0.2, -0.15) is 0 Å². The lowest BCUT2D eigenvalue weighted by atomic mass is 10.1. The van der Waals surface area contributed by atoms with E-state index in [0.717, 1.165) is 77.0 Å². The van der Waals surface area contributed by atoms with E-state index in [-0.39, 0.29) is 31.1 Å². The molecule has 1 atom stereocenters. The minimum absolute atomic E-state index is 0.122. The van der Waals surface area contributed by atoms with Crippen LogP contribution in [0.15, 0.2) is 146 Å². The van der Waals surface area contributed by atoms with Crippen LogP contribution in [0, 0.1) is 0 Å². The number of carbonyl (C=O) groups excluding carboxylic acids is 3. The molecule has 1 unspecified atom stereocenters. The molecule has 0 aliphatic heterocycles. The standard InChI is InChI=1S/C59H90O6/c1-4-7-10-13-16-19-22-25-27-28-29-30-32-34-37-40-43-46-49-52-58(61)64-55-56(54-63-57(60)51-48-45-42-39-36-33-24-21-18-15-12-9-6-3)65-59(62)53-50-47-44-41-38-35-31-26-23-20-17-14-11-8-5-2/h7,9-10,12-13,15-16,18-25,27-30,32-34,36-37,56H,4-6,8,11,14,17,26,31,35,38-55H2,1-3H3/b10-7-,12-9-,16-13-,18-15-,22-19-,23-20-,24-21-,27-25-,29-28+,32-30-,36-33-,37-34-. The number of hydrogen-bond acceptors (Lipinski definition) is 6. The number of rotatable bonds is 43. The third-order valence-electron chi connectivity index (χ3n) is 10.1. The summed E-state index contributed by atoms with van der Waals surface area (Å²) in [6.07, 6.45) is 73.9. The van der Waals surface area contributed by atoms with Crippen LogP contribution in [0.4, 0.5) is 0 Å². The predicted molar refractivity (Wildman–Crippen MR) is 279 cm³/mol. The molecule has 0 aromatic carbocycles. The molecule has 6 nitrogen and oxygen atoms in total. The van der Waals surface area contributed by atoms with Gasteiger partial charge < -0.3 is 14.2 Å². The van der Waals surface area contributed by atoms with Crippen molar-refractivity contribution in [2.75, 3.05) is 13.2 Å². The van der Waals surface area contributed by atoms with Crippen molar-refractivity contribution in [2.24, 2.45) is 0 Å². The molecule has 0 aliphatic carbocycles. The van der Waals surface area contributed by atoms with Crippen LogP contribution >= 0.6 is 0 Å². The maximum Gasteiger partial charge on any atom is 0.306 e. The second-order valence-electron chi connectivity index (χ2n) is 16.2. The van der Waals surface area contributed by atoms with Crippen LogP contribution in [-0.2, 0) is 28.6 Å². The van der Waals surface area contributed by atoms with Gasteiger partial charge in [0.2, 0.25) is 0 Å². The number of unbranched alkanes of at least 4 members (excludes halogenated alkanes) is 17. The molecule has 0 aromatic rings. The molecule has 0 heterocycles. The van der Waals surface area contributed by atoms with Crippen molar-refractivity contribution >= 4 is 17.9 Å².